The number of sulfone groups is 1. The summed E-state index contributed by atoms with van der Waals surface area (Å²) in [4.78, 5) is 16.6. The summed E-state index contributed by atoms with van der Waals surface area (Å²) in [6.45, 7) is 4.97. The average Bonchev–Trinajstić information content (AvgIpc) is 3.35. The predicted molar refractivity (Wildman–Crippen MR) is 154 cm³/mol. The molecule has 9 nitrogen and oxygen atoms in total. The molecule has 5 aromatic rings. The van der Waals surface area contributed by atoms with E-state index in [4.69, 9.17) is 4.74 Å². The smallest absolute Gasteiger partial charge is 0.158 e. The molecule has 0 spiro atoms. The second kappa shape index (κ2) is 11.2. The normalized spacial score (nSPS) is 11.6. The van der Waals surface area contributed by atoms with Crippen molar-refractivity contribution in [3.05, 3.63) is 90.0 Å². The maximum atomic E-state index is 11.3. The molecule has 0 fully saturated rings. The summed E-state index contributed by atoms with van der Waals surface area (Å²) >= 11 is 0. The molecule has 0 bridgehead atoms. The Morgan fingerprint density at radius 3 is 2.49 bits per heavy atom. The van der Waals surface area contributed by atoms with Crippen LogP contribution in [-0.2, 0) is 16.4 Å². The van der Waals surface area contributed by atoms with Crippen LogP contribution in [0.2, 0.25) is 0 Å². The zero-order valence-corrected chi connectivity index (χ0v) is 22.8. The third-order valence-corrected chi connectivity index (χ3v) is 7.16. The van der Waals surface area contributed by atoms with Crippen molar-refractivity contribution in [3.63, 3.8) is 0 Å². The van der Waals surface area contributed by atoms with E-state index < -0.39 is 9.84 Å². The molecular formula is C29H30N6O3S. The van der Waals surface area contributed by atoms with Crippen LogP contribution in [0.5, 0.6) is 11.5 Å². The van der Waals surface area contributed by atoms with Gasteiger partial charge in [-0.05, 0) is 66.9 Å². The summed E-state index contributed by atoms with van der Waals surface area (Å²) < 4.78 is 28.5. The van der Waals surface area contributed by atoms with Crippen LogP contribution in [0, 0.1) is 13.8 Å². The van der Waals surface area contributed by atoms with Crippen molar-refractivity contribution >= 4 is 32.4 Å². The highest BCUT2D eigenvalue weighted by Gasteiger charge is 2.11. The molecular weight excluding hydrogens is 512 g/mol. The van der Waals surface area contributed by atoms with Crippen molar-refractivity contribution in [2.24, 2.45) is 0 Å². The van der Waals surface area contributed by atoms with Gasteiger partial charge in [-0.15, -0.1) is 0 Å². The predicted octanol–water partition coefficient (Wildman–Crippen LogP) is 5.31. The average molecular weight is 543 g/mol. The van der Waals surface area contributed by atoms with Gasteiger partial charge >= 0.3 is 0 Å². The number of rotatable bonds is 10. The van der Waals surface area contributed by atoms with Gasteiger partial charge in [-0.2, -0.15) is 0 Å². The zero-order valence-electron chi connectivity index (χ0n) is 22.0. The van der Waals surface area contributed by atoms with Gasteiger partial charge in [0.15, 0.2) is 5.82 Å². The first-order valence-electron chi connectivity index (χ1n) is 12.5. The summed E-state index contributed by atoms with van der Waals surface area (Å²) in [6, 6.07) is 19.8. The van der Waals surface area contributed by atoms with Gasteiger partial charge < -0.3 is 20.4 Å². The lowest BCUT2D eigenvalue weighted by atomic mass is 10.1. The lowest BCUT2D eigenvalue weighted by Crippen LogP contribution is -2.21. The number of aryl methyl sites for hydroxylation is 2. The Hall–Kier alpha value is -4.28. The number of aromatic amines is 1. The SMILES string of the molecule is Cc1ccc(Oc2ccc(Nc3ncnc4cc(-c5ccc(CNCCS(C)(=O)=O)cc5)[nH]c34)cc2C)cn1. The lowest BCUT2D eigenvalue weighted by molar-refractivity contribution is 0.476. The standard InChI is InChI=1S/C29H30N6O3S/c1-19-14-23(9-11-27(19)38-24-10-4-20(2)31-17-24)34-29-28-26(32-18-33-29)15-25(35-28)22-7-5-21(6-8-22)16-30-12-13-39(3,36)37/h4-11,14-15,17-18,30,35H,12-13,16H2,1-3H3,(H,32,33,34). The number of nitrogens with zero attached hydrogens (tertiary/aromatic N) is 3. The highest BCUT2D eigenvalue weighted by atomic mass is 32.2. The van der Waals surface area contributed by atoms with E-state index in [0.717, 1.165) is 50.5 Å². The van der Waals surface area contributed by atoms with E-state index in [9.17, 15) is 8.42 Å². The van der Waals surface area contributed by atoms with E-state index in [1.807, 2.05) is 74.5 Å². The number of H-pyrrole nitrogens is 1. The number of aromatic nitrogens is 4. The minimum atomic E-state index is -2.97. The molecule has 10 heteroatoms. The summed E-state index contributed by atoms with van der Waals surface area (Å²) in [5, 5.41) is 6.56. The van der Waals surface area contributed by atoms with Gasteiger partial charge in [0.1, 0.15) is 33.2 Å². The Bertz CT molecular complexity index is 1700. The number of benzene rings is 2. The van der Waals surface area contributed by atoms with E-state index in [1.165, 1.54) is 6.26 Å². The molecule has 0 atom stereocenters. The molecule has 0 radical (unpaired) electrons. The molecule has 0 saturated heterocycles. The largest absolute Gasteiger partial charge is 0.455 e. The molecule has 3 aromatic heterocycles. The minimum absolute atomic E-state index is 0.125. The number of nitrogens with one attached hydrogen (secondary N) is 3. The van der Waals surface area contributed by atoms with Crippen LogP contribution < -0.4 is 15.4 Å². The van der Waals surface area contributed by atoms with Gasteiger partial charge in [0.2, 0.25) is 0 Å². The number of fused-ring (bicyclic) bond motifs is 1. The Labute approximate surface area is 227 Å². The third kappa shape index (κ3) is 6.78. The molecule has 0 unspecified atom stereocenters. The van der Waals surface area contributed by atoms with Crippen molar-refractivity contribution in [1.29, 1.82) is 0 Å². The first-order chi connectivity index (χ1) is 18.7. The Morgan fingerprint density at radius 2 is 1.77 bits per heavy atom. The van der Waals surface area contributed by atoms with Gasteiger partial charge in [0.05, 0.1) is 17.5 Å². The molecule has 3 N–H and O–H groups in total. The molecule has 0 aliphatic rings. The van der Waals surface area contributed by atoms with E-state index in [0.29, 0.717) is 24.7 Å². The van der Waals surface area contributed by atoms with E-state index in [1.54, 1.807) is 12.5 Å². The van der Waals surface area contributed by atoms with Gasteiger partial charge in [-0.25, -0.2) is 18.4 Å². The minimum Gasteiger partial charge on any atom is -0.455 e. The van der Waals surface area contributed by atoms with Crippen LogP contribution in [0.25, 0.3) is 22.3 Å². The van der Waals surface area contributed by atoms with Gasteiger partial charge in [-0.1, -0.05) is 24.3 Å². The van der Waals surface area contributed by atoms with Crippen molar-refractivity contribution in [1.82, 2.24) is 25.3 Å². The topological polar surface area (TPSA) is 122 Å². The van der Waals surface area contributed by atoms with Crippen LogP contribution in [0.1, 0.15) is 16.8 Å². The number of hydrogen-bond acceptors (Lipinski definition) is 8. The Kier molecular flexibility index (Phi) is 7.58. The van der Waals surface area contributed by atoms with Crippen LogP contribution >= 0.6 is 0 Å². The lowest BCUT2D eigenvalue weighted by Gasteiger charge is -2.12. The van der Waals surface area contributed by atoms with Gasteiger partial charge in [-0.3, -0.25) is 4.98 Å². The highest BCUT2D eigenvalue weighted by Crippen LogP contribution is 2.31. The molecule has 2 aromatic carbocycles. The number of pyridine rings is 1. The maximum absolute atomic E-state index is 11.3. The number of anilines is 2. The summed E-state index contributed by atoms with van der Waals surface area (Å²) in [7, 11) is -2.97. The molecule has 200 valence electrons. The molecule has 0 aliphatic heterocycles. The van der Waals surface area contributed by atoms with E-state index in [-0.39, 0.29) is 5.75 Å². The van der Waals surface area contributed by atoms with Gasteiger partial charge in [0, 0.05) is 36.4 Å². The second-order valence-corrected chi connectivity index (χ2v) is 11.8. The fraction of sp³-hybridized carbons (Fsp3) is 0.207. The van der Waals surface area contributed by atoms with Crippen molar-refractivity contribution in [3.8, 4) is 22.8 Å². The van der Waals surface area contributed by atoms with Crippen LogP contribution in [0.4, 0.5) is 11.5 Å². The Morgan fingerprint density at radius 1 is 0.949 bits per heavy atom. The second-order valence-electron chi connectivity index (χ2n) is 9.51. The maximum Gasteiger partial charge on any atom is 0.158 e. The third-order valence-electron chi connectivity index (χ3n) is 6.21. The Balaban J connectivity index is 1.28. The summed E-state index contributed by atoms with van der Waals surface area (Å²) in [5.41, 5.74) is 7.43. The molecule has 3 heterocycles. The first-order valence-corrected chi connectivity index (χ1v) is 14.6. The fourth-order valence-corrected chi connectivity index (χ4v) is 4.62. The summed E-state index contributed by atoms with van der Waals surface area (Å²) in [6.07, 6.45) is 4.50. The molecule has 0 aliphatic carbocycles. The zero-order chi connectivity index (χ0) is 27.4. The molecule has 0 saturated carbocycles. The highest BCUT2D eigenvalue weighted by molar-refractivity contribution is 7.90. The van der Waals surface area contributed by atoms with Crippen molar-refractivity contribution in [2.45, 2.75) is 20.4 Å². The van der Waals surface area contributed by atoms with E-state index in [2.05, 4.69) is 30.6 Å². The van der Waals surface area contributed by atoms with Crippen LogP contribution in [0.3, 0.4) is 0 Å². The van der Waals surface area contributed by atoms with Crippen molar-refractivity contribution < 1.29 is 13.2 Å². The quantitative estimate of drug-likeness (QED) is 0.203. The van der Waals surface area contributed by atoms with Crippen molar-refractivity contribution in [2.75, 3.05) is 23.9 Å². The molecule has 39 heavy (non-hydrogen) atoms. The number of hydrogen-bond donors (Lipinski definition) is 3. The summed E-state index contributed by atoms with van der Waals surface area (Å²) in [5.74, 6) is 2.25. The molecule has 5 rings (SSSR count). The fourth-order valence-electron chi connectivity index (χ4n) is 4.10. The van der Waals surface area contributed by atoms with Crippen LogP contribution in [-0.4, -0.2) is 46.9 Å². The van der Waals surface area contributed by atoms with Gasteiger partial charge in [0.25, 0.3) is 0 Å². The monoisotopic (exact) mass is 542 g/mol. The molecule has 0 amide bonds. The van der Waals surface area contributed by atoms with E-state index >= 15 is 0 Å². The number of ether oxygens (including phenoxy) is 1. The van der Waals surface area contributed by atoms with Crippen LogP contribution in [0.15, 0.2) is 73.2 Å². The first kappa shape index (κ1) is 26.3.